The fourth-order valence-corrected chi connectivity index (χ4v) is 5.76. The molecule has 0 spiro atoms. The number of nitrogens with zero attached hydrogens (tertiary/aromatic N) is 1. The number of fused-ring (bicyclic) bond motifs is 3. The Morgan fingerprint density at radius 2 is 1.92 bits per heavy atom. The van der Waals surface area contributed by atoms with Crippen molar-refractivity contribution in [2.24, 2.45) is 0 Å². The largest absolute Gasteiger partial charge is 0.490 e. The summed E-state index contributed by atoms with van der Waals surface area (Å²) in [4.78, 5) is 29.6. The van der Waals surface area contributed by atoms with Crippen LogP contribution < -0.4 is 5.32 Å². The normalized spacial score (nSPS) is 13.4. The number of aryl methyl sites for hydroxylation is 2. The fraction of sp³-hybridized carbons (Fsp3) is 0.345. The smallest absolute Gasteiger partial charge is 0.371 e. The predicted octanol–water partition coefficient (Wildman–Crippen LogP) is 6.26. The second-order valence-corrected chi connectivity index (χ2v) is 10.3. The number of ether oxygens (including phenoxy) is 2. The van der Waals surface area contributed by atoms with E-state index in [1.54, 1.807) is 7.11 Å². The van der Waals surface area contributed by atoms with Gasteiger partial charge in [-0.15, -0.1) is 11.3 Å². The van der Waals surface area contributed by atoms with Crippen molar-refractivity contribution in [3.05, 3.63) is 74.9 Å². The van der Waals surface area contributed by atoms with E-state index in [0.29, 0.717) is 5.13 Å². The summed E-state index contributed by atoms with van der Waals surface area (Å²) in [6.07, 6.45) is 6.55. The zero-order valence-corrected chi connectivity index (χ0v) is 22.8. The molecule has 0 aliphatic heterocycles. The van der Waals surface area contributed by atoms with Gasteiger partial charge < -0.3 is 14.6 Å². The number of benzene rings is 2. The first-order valence-corrected chi connectivity index (χ1v) is 13.5. The number of aliphatic carboxylic acids is 1. The van der Waals surface area contributed by atoms with E-state index in [-0.39, 0.29) is 11.7 Å². The third-order valence-corrected chi connectivity index (χ3v) is 7.81. The van der Waals surface area contributed by atoms with Gasteiger partial charge in [0.25, 0.3) is 5.91 Å². The quantitative estimate of drug-likeness (QED) is 0.214. The van der Waals surface area contributed by atoms with E-state index in [2.05, 4.69) is 28.0 Å². The van der Waals surface area contributed by atoms with Gasteiger partial charge in [0.15, 0.2) is 5.13 Å². The SMILES string of the molecule is CCCC(CCc1cccc2c1CCc1sc(NC(=O)c3cc(F)c(/C=C(\OC)C(=O)O)c(F)c3)nc1-2)OC. The van der Waals surface area contributed by atoms with Crippen LogP contribution in [0.4, 0.5) is 13.9 Å². The molecule has 4 rings (SSSR count). The van der Waals surface area contributed by atoms with Crippen molar-refractivity contribution in [3.8, 4) is 11.3 Å². The maximum atomic E-state index is 14.6. The molecule has 0 saturated carbocycles. The summed E-state index contributed by atoms with van der Waals surface area (Å²) in [5, 5.41) is 12.0. The van der Waals surface area contributed by atoms with Crippen molar-refractivity contribution in [2.75, 3.05) is 19.5 Å². The first-order valence-electron chi connectivity index (χ1n) is 12.7. The minimum atomic E-state index is -1.48. The molecule has 2 N–H and O–H groups in total. The van der Waals surface area contributed by atoms with Crippen LogP contribution in [0.5, 0.6) is 0 Å². The molecular weight excluding hydrogens is 526 g/mol. The van der Waals surface area contributed by atoms with Gasteiger partial charge in [-0.1, -0.05) is 31.5 Å². The summed E-state index contributed by atoms with van der Waals surface area (Å²) in [6.45, 7) is 2.15. The number of methoxy groups -OCH3 is 2. The molecule has 3 aromatic rings. The number of anilines is 1. The van der Waals surface area contributed by atoms with Crippen LogP contribution in [0.1, 0.15) is 58.1 Å². The average molecular weight is 557 g/mol. The average Bonchev–Trinajstić information content (AvgIpc) is 3.33. The maximum absolute atomic E-state index is 14.6. The molecule has 1 aliphatic carbocycles. The molecule has 206 valence electrons. The molecule has 1 aromatic heterocycles. The third-order valence-electron chi connectivity index (χ3n) is 6.78. The molecular formula is C29H30F2N2O5S. The molecule has 1 heterocycles. The highest BCUT2D eigenvalue weighted by Crippen LogP contribution is 2.40. The van der Waals surface area contributed by atoms with E-state index in [4.69, 9.17) is 9.84 Å². The topological polar surface area (TPSA) is 97.8 Å². The van der Waals surface area contributed by atoms with Gasteiger partial charge in [-0.05, 0) is 55.4 Å². The zero-order chi connectivity index (χ0) is 28.1. The number of rotatable bonds is 11. The number of aromatic nitrogens is 1. The minimum Gasteiger partial charge on any atom is -0.490 e. The number of hydrogen-bond donors (Lipinski definition) is 2. The Morgan fingerprint density at radius 3 is 2.56 bits per heavy atom. The molecule has 10 heteroatoms. The Labute approximate surface area is 229 Å². The second kappa shape index (κ2) is 12.5. The molecule has 0 fully saturated rings. The fourth-order valence-electron chi connectivity index (χ4n) is 4.79. The number of nitrogens with one attached hydrogen (secondary N) is 1. The van der Waals surface area contributed by atoms with E-state index in [9.17, 15) is 18.4 Å². The van der Waals surface area contributed by atoms with E-state index in [1.807, 2.05) is 12.1 Å². The minimum absolute atomic E-state index is 0.227. The molecule has 0 radical (unpaired) electrons. The van der Waals surface area contributed by atoms with Crippen molar-refractivity contribution in [2.45, 2.75) is 51.6 Å². The highest BCUT2D eigenvalue weighted by atomic mass is 32.1. The van der Waals surface area contributed by atoms with E-state index < -0.39 is 34.8 Å². The van der Waals surface area contributed by atoms with Gasteiger partial charge in [0.05, 0.1) is 18.9 Å². The number of hydrogen-bond acceptors (Lipinski definition) is 6. The predicted molar refractivity (Wildman–Crippen MR) is 146 cm³/mol. The first kappa shape index (κ1) is 28.4. The van der Waals surface area contributed by atoms with Gasteiger partial charge in [-0.2, -0.15) is 0 Å². The molecule has 1 atom stereocenters. The van der Waals surface area contributed by atoms with Crippen molar-refractivity contribution < 1.29 is 33.0 Å². The third kappa shape index (κ3) is 6.34. The number of carbonyl (C=O) groups excluding carboxylic acids is 1. The summed E-state index contributed by atoms with van der Waals surface area (Å²) >= 11 is 1.34. The van der Waals surface area contributed by atoms with Crippen LogP contribution >= 0.6 is 11.3 Å². The van der Waals surface area contributed by atoms with Gasteiger partial charge in [0.1, 0.15) is 11.6 Å². The van der Waals surface area contributed by atoms with Crippen LogP contribution in [0, 0.1) is 11.6 Å². The lowest BCUT2D eigenvalue weighted by molar-refractivity contribution is -0.135. The van der Waals surface area contributed by atoms with Crippen molar-refractivity contribution in [3.63, 3.8) is 0 Å². The Kier molecular flexibility index (Phi) is 9.08. The van der Waals surface area contributed by atoms with E-state index in [0.717, 1.165) is 80.0 Å². The zero-order valence-electron chi connectivity index (χ0n) is 22.0. The standard InChI is InChI=1S/C29H30F2N2O5S/c1-4-6-18(37-2)10-9-16-7-5-8-20-19(16)11-12-25-26(20)32-29(39-25)33-27(34)17-13-22(30)21(23(31)14-17)15-24(38-3)28(35)36/h5,7-8,13-15,18H,4,6,9-12H2,1-3H3,(H,35,36)(H,32,33,34)/b24-15-. The monoisotopic (exact) mass is 556 g/mol. The highest BCUT2D eigenvalue weighted by molar-refractivity contribution is 7.16. The lowest BCUT2D eigenvalue weighted by atomic mass is 9.87. The summed E-state index contributed by atoms with van der Waals surface area (Å²) in [6, 6.07) is 7.89. The van der Waals surface area contributed by atoms with Crippen LogP contribution in [0.15, 0.2) is 36.1 Å². The lowest BCUT2D eigenvalue weighted by Gasteiger charge is -2.20. The summed E-state index contributed by atoms with van der Waals surface area (Å²) in [7, 11) is 2.83. The van der Waals surface area contributed by atoms with Crippen molar-refractivity contribution in [1.82, 2.24) is 4.98 Å². The maximum Gasteiger partial charge on any atom is 0.371 e. The van der Waals surface area contributed by atoms with Crippen LogP contribution in [0.3, 0.4) is 0 Å². The Bertz CT molecular complexity index is 1400. The number of halogens is 2. The molecule has 2 aromatic carbocycles. The van der Waals surface area contributed by atoms with Crippen molar-refractivity contribution in [1.29, 1.82) is 0 Å². The molecule has 0 bridgehead atoms. The van der Waals surface area contributed by atoms with E-state index in [1.165, 1.54) is 22.5 Å². The number of carboxylic acids is 1. The lowest BCUT2D eigenvalue weighted by Crippen LogP contribution is -2.13. The molecule has 0 saturated heterocycles. The summed E-state index contributed by atoms with van der Waals surface area (Å²) in [5.41, 5.74) is 3.50. The van der Waals surface area contributed by atoms with Crippen LogP contribution in [-0.4, -0.2) is 42.3 Å². The second-order valence-electron chi connectivity index (χ2n) is 9.24. The van der Waals surface area contributed by atoms with E-state index >= 15 is 0 Å². The first-order chi connectivity index (χ1) is 18.7. The van der Waals surface area contributed by atoms with Gasteiger partial charge in [-0.3, -0.25) is 10.1 Å². The molecule has 1 unspecified atom stereocenters. The highest BCUT2D eigenvalue weighted by Gasteiger charge is 2.24. The Balaban J connectivity index is 1.54. The Morgan fingerprint density at radius 1 is 1.18 bits per heavy atom. The molecule has 1 aliphatic rings. The number of amides is 1. The van der Waals surface area contributed by atoms with Gasteiger partial charge in [-0.25, -0.2) is 18.6 Å². The van der Waals surface area contributed by atoms with Gasteiger partial charge in [0.2, 0.25) is 5.76 Å². The number of carboxylic acid groups (broad SMARTS) is 1. The van der Waals surface area contributed by atoms with Gasteiger partial charge >= 0.3 is 5.97 Å². The van der Waals surface area contributed by atoms with Gasteiger partial charge in [0, 0.05) is 34.8 Å². The van der Waals surface area contributed by atoms with Crippen LogP contribution in [0.25, 0.3) is 17.3 Å². The van der Waals surface area contributed by atoms with Crippen LogP contribution in [-0.2, 0) is 33.5 Å². The molecule has 39 heavy (non-hydrogen) atoms. The number of thiazole rings is 1. The summed E-state index contributed by atoms with van der Waals surface area (Å²) in [5.74, 6) is -5.03. The van der Waals surface area contributed by atoms with Crippen molar-refractivity contribution >= 4 is 34.4 Å². The Hall–Kier alpha value is -3.63. The van der Waals surface area contributed by atoms with Crippen LogP contribution in [0.2, 0.25) is 0 Å². The summed E-state index contributed by atoms with van der Waals surface area (Å²) < 4.78 is 39.4. The molecule has 1 amide bonds. The molecule has 7 nitrogen and oxygen atoms in total. The number of carbonyl (C=O) groups is 2.